The second-order valence-electron chi connectivity index (χ2n) is 16.0. The first kappa shape index (κ1) is 41.7. The van der Waals surface area contributed by atoms with Crippen molar-refractivity contribution in [3.8, 4) is 0 Å². The highest BCUT2D eigenvalue weighted by molar-refractivity contribution is 7.91. The summed E-state index contributed by atoms with van der Waals surface area (Å²) >= 11 is 0. The van der Waals surface area contributed by atoms with Gasteiger partial charge in [0.1, 0.15) is 23.4 Å². The van der Waals surface area contributed by atoms with Gasteiger partial charge in [-0.15, -0.1) is 0 Å². The lowest BCUT2D eigenvalue weighted by molar-refractivity contribution is -0.244. The van der Waals surface area contributed by atoms with Crippen LogP contribution in [-0.4, -0.2) is 95.1 Å². The fourth-order valence-corrected chi connectivity index (χ4v) is 8.55. The van der Waals surface area contributed by atoms with E-state index in [9.17, 15) is 55.1 Å². The maximum absolute atomic E-state index is 14.6. The molecule has 1 aromatic rings. The van der Waals surface area contributed by atoms with Crippen molar-refractivity contribution in [1.82, 2.24) is 20.3 Å². The minimum atomic E-state index is -4.96. The van der Waals surface area contributed by atoms with Crippen LogP contribution in [0.25, 0.3) is 0 Å². The minimum absolute atomic E-state index is 0.00588. The van der Waals surface area contributed by atoms with Gasteiger partial charge in [-0.3, -0.25) is 24.0 Å². The molecule has 1 saturated heterocycles. The van der Waals surface area contributed by atoms with Crippen molar-refractivity contribution in [2.45, 2.75) is 120 Å². The van der Waals surface area contributed by atoms with Crippen LogP contribution in [0.4, 0.5) is 32.8 Å². The van der Waals surface area contributed by atoms with Crippen molar-refractivity contribution in [3.63, 3.8) is 0 Å². The van der Waals surface area contributed by atoms with Crippen LogP contribution in [0.15, 0.2) is 36.4 Å². The fraction of sp³-hybridized carbons (Fsp3) is 0.639. The lowest BCUT2D eigenvalue weighted by Crippen LogP contribution is -2.59. The molecule has 304 valence electrons. The number of alkyl halides is 3. The number of alkyl carbamates (subject to hydrolysis) is 1. The van der Waals surface area contributed by atoms with Gasteiger partial charge in [0.05, 0.1) is 10.8 Å². The third-order valence-corrected chi connectivity index (χ3v) is 13.4. The summed E-state index contributed by atoms with van der Waals surface area (Å²) in [6.07, 6.45) is -2.87. The van der Waals surface area contributed by atoms with Crippen molar-refractivity contribution < 1.29 is 59.8 Å². The Balaban J connectivity index is 1.54. The van der Waals surface area contributed by atoms with E-state index in [0.717, 1.165) is 21.9 Å². The number of carboxylic acid groups (broad SMARTS) is 1. The summed E-state index contributed by atoms with van der Waals surface area (Å²) in [6.45, 7) is 5.78. The van der Waals surface area contributed by atoms with Gasteiger partial charge < -0.3 is 25.4 Å². The highest BCUT2D eigenvalue weighted by Crippen LogP contribution is 2.48. The van der Waals surface area contributed by atoms with Crippen molar-refractivity contribution in [3.05, 3.63) is 42.2 Å². The van der Waals surface area contributed by atoms with E-state index in [1.165, 1.54) is 19.1 Å². The van der Waals surface area contributed by atoms with Crippen molar-refractivity contribution >= 4 is 45.6 Å². The van der Waals surface area contributed by atoms with E-state index in [2.05, 4.69) is 15.4 Å². The third kappa shape index (κ3) is 8.70. The molecular weight excluding hydrogens is 754 g/mol. The number of hydrogen-bond acceptors (Lipinski definition) is 8. The van der Waals surface area contributed by atoms with E-state index in [1.54, 1.807) is 19.1 Å². The molecule has 19 heteroatoms. The Morgan fingerprint density at radius 2 is 1.71 bits per heavy atom. The number of allylic oxidation sites excluding steroid dienone is 1. The average molecular weight is 802 g/mol. The number of amides is 5. The molecule has 3 fully saturated rings. The molecule has 0 radical (unpaired) electrons. The van der Waals surface area contributed by atoms with Gasteiger partial charge in [0.15, 0.2) is 0 Å². The summed E-state index contributed by atoms with van der Waals surface area (Å²) in [6, 6.07) is 0.190. The highest BCUT2D eigenvalue weighted by Gasteiger charge is 2.63. The molecular formula is C36H47F4N5O9S. The summed E-state index contributed by atoms with van der Waals surface area (Å²) in [5, 5.41) is 15.2. The maximum Gasteiger partial charge on any atom is 0.427 e. The second-order valence-corrected chi connectivity index (χ2v) is 18.2. The Hall–Kier alpha value is -4.42. The lowest BCUT2D eigenvalue weighted by atomic mass is 9.88. The number of ether oxygens (including phenoxy) is 1. The summed E-state index contributed by atoms with van der Waals surface area (Å²) in [7, 11) is -4.13. The number of hydrogen-bond donors (Lipinski definition) is 4. The largest absolute Gasteiger partial charge is 0.465 e. The molecule has 4 aliphatic rings. The summed E-state index contributed by atoms with van der Waals surface area (Å²) < 4.78 is 86.7. The van der Waals surface area contributed by atoms with Gasteiger partial charge in [-0.05, 0) is 102 Å². The Morgan fingerprint density at radius 3 is 2.29 bits per heavy atom. The molecule has 2 saturated carbocycles. The smallest absolute Gasteiger partial charge is 0.427 e. The van der Waals surface area contributed by atoms with Crippen molar-refractivity contribution in [1.29, 1.82) is 0 Å². The molecule has 0 unspecified atom stereocenters. The van der Waals surface area contributed by atoms with E-state index in [-0.39, 0.29) is 30.9 Å². The normalized spacial score (nSPS) is 30.3. The molecule has 0 aromatic heterocycles. The highest BCUT2D eigenvalue weighted by atomic mass is 32.2. The zero-order valence-electron chi connectivity index (χ0n) is 31.1. The van der Waals surface area contributed by atoms with E-state index in [1.807, 2.05) is 6.92 Å². The first-order chi connectivity index (χ1) is 25.4. The molecule has 2 heterocycles. The number of nitrogens with zero attached hydrogens (tertiary/aromatic N) is 2. The molecule has 5 amide bonds. The number of carbonyl (C=O) groups is 5. The number of carbonyl (C=O) groups excluding carboxylic acids is 4. The Labute approximate surface area is 316 Å². The molecule has 4 N–H and O–H groups in total. The molecule has 2 aliphatic heterocycles. The van der Waals surface area contributed by atoms with Crippen LogP contribution in [0.1, 0.15) is 79.6 Å². The van der Waals surface area contributed by atoms with Crippen LogP contribution in [0.5, 0.6) is 0 Å². The number of rotatable bonds is 7. The zero-order valence-corrected chi connectivity index (χ0v) is 31.9. The molecule has 2 aliphatic carbocycles. The zero-order chi connectivity index (χ0) is 40.9. The number of benzene rings is 1. The summed E-state index contributed by atoms with van der Waals surface area (Å²) in [4.78, 5) is 70.3. The quantitative estimate of drug-likeness (QED) is 0.226. The number of halogens is 4. The molecule has 5 rings (SSSR count). The van der Waals surface area contributed by atoms with Gasteiger partial charge in [-0.2, -0.15) is 13.2 Å². The molecule has 55 heavy (non-hydrogen) atoms. The van der Waals surface area contributed by atoms with Crippen LogP contribution >= 0.6 is 0 Å². The van der Waals surface area contributed by atoms with Gasteiger partial charge in [0, 0.05) is 18.2 Å². The van der Waals surface area contributed by atoms with Crippen LogP contribution in [0.2, 0.25) is 0 Å². The van der Waals surface area contributed by atoms with E-state index in [0.29, 0.717) is 39.5 Å². The SMILES string of the molecule is C[C@H]1CC/C=C\[C@@H]2C[C@@]2(C(=O)NS(=O)(=O)C2(C)CC2)NC(=O)[C@@H]2C[C@@H](N(C(=O)O)c3ccc(F)cc3)CN2C(=O)[C@@H](NC(=O)OC(C)(C)C(F)(F)F)[C@H](C)C1. The number of anilines is 1. The molecule has 14 nitrogen and oxygen atoms in total. The van der Waals surface area contributed by atoms with E-state index < -0.39 is 104 Å². The van der Waals surface area contributed by atoms with Crippen molar-refractivity contribution in [2.24, 2.45) is 17.8 Å². The summed E-state index contributed by atoms with van der Waals surface area (Å²) in [5.41, 5.74) is -4.68. The van der Waals surface area contributed by atoms with Crippen LogP contribution in [0, 0.1) is 23.6 Å². The molecule has 7 atom stereocenters. The third-order valence-electron chi connectivity index (χ3n) is 11.2. The minimum Gasteiger partial charge on any atom is -0.465 e. The Morgan fingerprint density at radius 1 is 1.07 bits per heavy atom. The molecule has 0 bridgehead atoms. The lowest BCUT2D eigenvalue weighted by Gasteiger charge is -2.34. The fourth-order valence-electron chi connectivity index (χ4n) is 7.24. The number of nitrogens with one attached hydrogen (secondary N) is 3. The molecule has 1 aromatic carbocycles. The predicted molar refractivity (Wildman–Crippen MR) is 189 cm³/mol. The maximum atomic E-state index is 14.6. The van der Waals surface area contributed by atoms with Gasteiger partial charge in [0.25, 0.3) is 5.91 Å². The van der Waals surface area contributed by atoms with Gasteiger partial charge >= 0.3 is 18.4 Å². The average Bonchev–Trinajstić information content (AvgIpc) is 3.95. The first-order valence-electron chi connectivity index (χ1n) is 18.1. The van der Waals surface area contributed by atoms with Crippen molar-refractivity contribution in [2.75, 3.05) is 11.4 Å². The van der Waals surface area contributed by atoms with Gasteiger partial charge in [-0.25, -0.2) is 22.4 Å². The second kappa shape index (κ2) is 14.9. The Bertz CT molecular complexity index is 1840. The van der Waals surface area contributed by atoms with Crippen LogP contribution in [-0.2, 0) is 29.1 Å². The summed E-state index contributed by atoms with van der Waals surface area (Å²) in [5.74, 6) is -4.98. The number of sulfonamides is 1. The van der Waals surface area contributed by atoms with Gasteiger partial charge in [0.2, 0.25) is 27.4 Å². The Kier molecular flexibility index (Phi) is 11.3. The van der Waals surface area contributed by atoms with Crippen LogP contribution < -0.4 is 20.3 Å². The predicted octanol–water partition coefficient (Wildman–Crippen LogP) is 4.60. The van der Waals surface area contributed by atoms with E-state index >= 15 is 0 Å². The van der Waals surface area contributed by atoms with Gasteiger partial charge in [-0.1, -0.05) is 26.0 Å². The molecule has 0 spiro atoms. The monoisotopic (exact) mass is 801 g/mol. The first-order valence-corrected chi connectivity index (χ1v) is 19.6. The topological polar surface area (TPSA) is 192 Å². The van der Waals surface area contributed by atoms with Crippen LogP contribution in [0.3, 0.4) is 0 Å². The number of fused-ring (bicyclic) bond motifs is 2. The van der Waals surface area contributed by atoms with E-state index in [4.69, 9.17) is 4.74 Å². The standard InChI is InChI=1S/C36H47F4N5O9S/c1-20-8-6-7-9-22-18-35(22,30(48)43-55(52,53)34(5)14-15-34)42-28(46)26-17-25(45(32(50)51)24-12-10-23(37)11-13-24)19-44(26)29(47)27(21(2)16-20)41-31(49)54-33(3,4)36(38,39)40/h7,9-13,20-22,25-27H,6,8,14-19H2,1-5H3,(H,41,49)(H,42,46)(H,43,48)(H,50,51)/b9-7-/t20-,21+,22+,25+,26-,27-,35+/m0/s1.